The summed E-state index contributed by atoms with van der Waals surface area (Å²) >= 11 is 0. The highest BCUT2D eigenvalue weighted by Crippen LogP contribution is 2.23. The van der Waals surface area contributed by atoms with Gasteiger partial charge in [-0.05, 0) is 41.6 Å². The zero-order chi connectivity index (χ0) is 14.8. The van der Waals surface area contributed by atoms with Crippen LogP contribution in [-0.4, -0.2) is 32.4 Å². The molecule has 1 unspecified atom stereocenters. The monoisotopic (exact) mass is 286 g/mol. The standard InChI is InChI=1S/C11H9F3N4O2/c1-7(18-6-15-16-17-18)10(19)8-2-4-9(5-3-8)20-11(12,13)14/h2-7H,1H3. The minimum atomic E-state index is -4.76. The first-order valence-electron chi connectivity index (χ1n) is 5.49. The van der Waals surface area contributed by atoms with Gasteiger partial charge in [0.25, 0.3) is 0 Å². The van der Waals surface area contributed by atoms with E-state index >= 15 is 0 Å². The Balaban J connectivity index is 2.12. The summed E-state index contributed by atoms with van der Waals surface area (Å²) in [6, 6.07) is 4.01. The van der Waals surface area contributed by atoms with Gasteiger partial charge in [0.05, 0.1) is 0 Å². The molecule has 0 bridgehead atoms. The number of benzene rings is 1. The van der Waals surface area contributed by atoms with Crippen molar-refractivity contribution in [1.82, 2.24) is 20.2 Å². The number of rotatable bonds is 4. The molecular formula is C11H9F3N4O2. The summed E-state index contributed by atoms with van der Waals surface area (Å²) in [4.78, 5) is 12.1. The number of aromatic nitrogens is 4. The van der Waals surface area contributed by atoms with Crippen molar-refractivity contribution in [3.63, 3.8) is 0 Å². The average Bonchev–Trinajstić information content (AvgIpc) is 2.90. The van der Waals surface area contributed by atoms with Gasteiger partial charge in [-0.2, -0.15) is 0 Å². The van der Waals surface area contributed by atoms with Gasteiger partial charge in [0.2, 0.25) is 0 Å². The van der Waals surface area contributed by atoms with E-state index in [1.165, 1.54) is 23.1 Å². The average molecular weight is 286 g/mol. The molecule has 9 heteroatoms. The minimum absolute atomic E-state index is 0.238. The first kappa shape index (κ1) is 14.0. The summed E-state index contributed by atoms with van der Waals surface area (Å²) in [6.45, 7) is 1.58. The summed E-state index contributed by atoms with van der Waals surface area (Å²) in [6.07, 6.45) is -3.48. The molecule has 0 aliphatic carbocycles. The third kappa shape index (κ3) is 3.31. The quantitative estimate of drug-likeness (QED) is 0.804. The Morgan fingerprint density at radius 1 is 1.30 bits per heavy atom. The maximum Gasteiger partial charge on any atom is 0.573 e. The lowest BCUT2D eigenvalue weighted by atomic mass is 10.1. The van der Waals surface area contributed by atoms with Crippen LogP contribution in [0.25, 0.3) is 0 Å². The van der Waals surface area contributed by atoms with Crippen molar-refractivity contribution in [3.05, 3.63) is 36.2 Å². The molecule has 0 N–H and O–H groups in total. The van der Waals surface area contributed by atoms with Crippen molar-refractivity contribution in [2.24, 2.45) is 0 Å². The molecule has 0 saturated carbocycles. The summed E-state index contributed by atoms with van der Waals surface area (Å²) in [5, 5.41) is 10.4. The summed E-state index contributed by atoms with van der Waals surface area (Å²) < 4.78 is 41.0. The van der Waals surface area contributed by atoms with Crippen molar-refractivity contribution in [2.45, 2.75) is 19.3 Å². The molecule has 0 spiro atoms. The smallest absolute Gasteiger partial charge is 0.406 e. The Kier molecular flexibility index (Phi) is 3.68. The highest BCUT2D eigenvalue weighted by atomic mass is 19.4. The number of nitrogens with zero attached hydrogens (tertiary/aromatic N) is 4. The lowest BCUT2D eigenvalue weighted by molar-refractivity contribution is -0.274. The SMILES string of the molecule is CC(C(=O)c1ccc(OC(F)(F)F)cc1)n1cnnn1. The largest absolute Gasteiger partial charge is 0.573 e. The van der Waals surface area contributed by atoms with Crippen LogP contribution in [0.1, 0.15) is 23.3 Å². The van der Waals surface area contributed by atoms with E-state index in [-0.39, 0.29) is 17.1 Å². The van der Waals surface area contributed by atoms with Crippen LogP contribution in [0.15, 0.2) is 30.6 Å². The Labute approximate surface area is 111 Å². The minimum Gasteiger partial charge on any atom is -0.406 e. The molecule has 1 atom stereocenters. The highest BCUT2D eigenvalue weighted by molar-refractivity contribution is 5.98. The van der Waals surface area contributed by atoms with Crippen LogP contribution < -0.4 is 4.74 Å². The number of ketones is 1. The highest BCUT2D eigenvalue weighted by Gasteiger charge is 2.31. The molecule has 0 saturated heterocycles. The van der Waals surface area contributed by atoms with E-state index in [1.54, 1.807) is 6.92 Å². The van der Waals surface area contributed by atoms with Crippen LogP contribution in [0.2, 0.25) is 0 Å². The predicted octanol–water partition coefficient (Wildman–Crippen LogP) is 2.02. The van der Waals surface area contributed by atoms with Gasteiger partial charge >= 0.3 is 6.36 Å². The van der Waals surface area contributed by atoms with E-state index in [1.807, 2.05) is 0 Å². The van der Waals surface area contributed by atoms with Crippen LogP contribution in [0.4, 0.5) is 13.2 Å². The number of halogens is 3. The van der Waals surface area contributed by atoms with Crippen molar-refractivity contribution in [3.8, 4) is 5.75 Å². The molecule has 2 rings (SSSR count). The number of hydrogen-bond acceptors (Lipinski definition) is 5. The number of ether oxygens (including phenoxy) is 1. The van der Waals surface area contributed by atoms with Crippen LogP contribution in [0.3, 0.4) is 0 Å². The number of tetrazole rings is 1. The van der Waals surface area contributed by atoms with E-state index in [0.29, 0.717) is 0 Å². The zero-order valence-corrected chi connectivity index (χ0v) is 10.2. The van der Waals surface area contributed by atoms with Crippen LogP contribution in [0, 0.1) is 0 Å². The Hall–Kier alpha value is -2.45. The van der Waals surface area contributed by atoms with Crippen LogP contribution in [-0.2, 0) is 0 Å². The van der Waals surface area contributed by atoms with Gasteiger partial charge in [0.1, 0.15) is 18.1 Å². The molecule has 0 amide bonds. The third-order valence-corrected chi connectivity index (χ3v) is 2.51. The van der Waals surface area contributed by atoms with Gasteiger partial charge in [-0.1, -0.05) is 0 Å². The van der Waals surface area contributed by atoms with E-state index in [0.717, 1.165) is 12.1 Å². The zero-order valence-electron chi connectivity index (χ0n) is 10.2. The van der Waals surface area contributed by atoms with Gasteiger partial charge in [0, 0.05) is 5.56 Å². The summed E-state index contributed by atoms with van der Waals surface area (Å²) in [7, 11) is 0. The fourth-order valence-electron chi connectivity index (χ4n) is 1.53. The van der Waals surface area contributed by atoms with Crippen molar-refractivity contribution >= 4 is 5.78 Å². The van der Waals surface area contributed by atoms with E-state index in [4.69, 9.17) is 0 Å². The Bertz CT molecular complexity index is 581. The number of alkyl halides is 3. The summed E-state index contributed by atoms with van der Waals surface area (Å²) in [5.74, 6) is -0.708. The third-order valence-electron chi connectivity index (χ3n) is 2.51. The van der Waals surface area contributed by atoms with Gasteiger partial charge in [-0.15, -0.1) is 18.3 Å². The van der Waals surface area contributed by atoms with Crippen molar-refractivity contribution in [1.29, 1.82) is 0 Å². The van der Waals surface area contributed by atoms with E-state index < -0.39 is 12.4 Å². The number of Topliss-reactive ketones (excluding diaryl/α,β-unsaturated/α-hetero) is 1. The maximum atomic E-state index is 12.1. The fourth-order valence-corrected chi connectivity index (χ4v) is 1.53. The molecule has 0 aliphatic rings. The summed E-state index contributed by atoms with van der Waals surface area (Å²) in [5.41, 5.74) is 0.238. The van der Waals surface area contributed by atoms with Gasteiger partial charge < -0.3 is 4.74 Å². The number of carbonyl (C=O) groups is 1. The maximum absolute atomic E-state index is 12.1. The second kappa shape index (κ2) is 5.27. The Morgan fingerprint density at radius 3 is 2.45 bits per heavy atom. The first-order chi connectivity index (χ1) is 9.37. The molecule has 0 fully saturated rings. The van der Waals surface area contributed by atoms with Crippen LogP contribution in [0.5, 0.6) is 5.75 Å². The van der Waals surface area contributed by atoms with Crippen molar-refractivity contribution < 1.29 is 22.7 Å². The first-order valence-corrected chi connectivity index (χ1v) is 5.49. The lowest BCUT2D eigenvalue weighted by Crippen LogP contribution is -2.18. The number of carbonyl (C=O) groups excluding carboxylic acids is 1. The molecule has 1 aromatic carbocycles. The van der Waals surface area contributed by atoms with E-state index in [2.05, 4.69) is 20.3 Å². The molecule has 20 heavy (non-hydrogen) atoms. The van der Waals surface area contributed by atoms with Crippen molar-refractivity contribution in [2.75, 3.05) is 0 Å². The van der Waals surface area contributed by atoms with Gasteiger partial charge in [-0.3, -0.25) is 4.79 Å². The molecule has 0 radical (unpaired) electrons. The predicted molar refractivity (Wildman–Crippen MR) is 60.0 cm³/mol. The molecule has 106 valence electrons. The fraction of sp³-hybridized carbons (Fsp3) is 0.273. The lowest BCUT2D eigenvalue weighted by Gasteiger charge is -2.11. The second-order valence-electron chi connectivity index (χ2n) is 3.90. The van der Waals surface area contributed by atoms with Gasteiger partial charge in [0.15, 0.2) is 5.78 Å². The van der Waals surface area contributed by atoms with Gasteiger partial charge in [-0.25, -0.2) is 4.68 Å². The molecule has 0 aliphatic heterocycles. The normalized spacial score (nSPS) is 13.0. The molecule has 1 aromatic heterocycles. The Morgan fingerprint density at radius 2 is 1.95 bits per heavy atom. The molecular weight excluding hydrogens is 277 g/mol. The van der Waals surface area contributed by atoms with Crippen LogP contribution >= 0.6 is 0 Å². The molecule has 2 aromatic rings. The number of hydrogen-bond donors (Lipinski definition) is 0. The van der Waals surface area contributed by atoms with E-state index in [9.17, 15) is 18.0 Å². The second-order valence-corrected chi connectivity index (χ2v) is 3.90. The molecule has 1 heterocycles. The topological polar surface area (TPSA) is 69.9 Å². The molecule has 6 nitrogen and oxygen atoms in total.